The van der Waals surface area contributed by atoms with Gasteiger partial charge in [-0.25, -0.2) is 0 Å². The molecule has 1 heterocycles. The molecule has 0 saturated carbocycles. The van der Waals surface area contributed by atoms with Gasteiger partial charge < -0.3 is 9.64 Å². The molecule has 0 unspecified atom stereocenters. The van der Waals surface area contributed by atoms with Crippen LogP contribution in [-0.2, 0) is 9.53 Å². The molecule has 5 nitrogen and oxygen atoms in total. The van der Waals surface area contributed by atoms with Crippen LogP contribution in [0.15, 0.2) is 24.3 Å². The Morgan fingerprint density at radius 3 is 2.30 bits per heavy atom. The molecule has 1 fully saturated rings. The third kappa shape index (κ3) is 3.92. The van der Waals surface area contributed by atoms with Gasteiger partial charge in [0.2, 0.25) is 0 Å². The van der Waals surface area contributed by atoms with Crippen LogP contribution in [0.3, 0.4) is 0 Å². The number of carbonyl (C=O) groups excluding carboxylic acids is 2. The zero-order valence-electron chi connectivity index (χ0n) is 11.3. The van der Waals surface area contributed by atoms with Gasteiger partial charge in [-0.15, -0.1) is 0 Å². The van der Waals surface area contributed by atoms with Gasteiger partial charge in [0.25, 0.3) is 5.91 Å². The molecule has 0 N–H and O–H groups in total. The normalized spacial score (nSPS) is 16.0. The highest BCUT2D eigenvalue weighted by atomic mass is 127. The third-order valence-corrected chi connectivity index (χ3v) is 4.05. The van der Waals surface area contributed by atoms with Crippen molar-refractivity contribution in [2.75, 3.05) is 39.8 Å². The van der Waals surface area contributed by atoms with Gasteiger partial charge in [0.15, 0.2) is 0 Å². The maximum absolute atomic E-state index is 12.3. The topological polar surface area (TPSA) is 49.9 Å². The van der Waals surface area contributed by atoms with Crippen LogP contribution in [0.4, 0.5) is 0 Å². The number of nitrogens with zero attached hydrogens (tertiary/aromatic N) is 2. The number of amides is 1. The lowest BCUT2D eigenvalue weighted by atomic mass is 10.2. The van der Waals surface area contributed by atoms with Crippen molar-refractivity contribution in [2.45, 2.75) is 0 Å². The van der Waals surface area contributed by atoms with Gasteiger partial charge in [0.1, 0.15) is 0 Å². The predicted octanol–water partition coefficient (Wildman–Crippen LogP) is 1.22. The largest absolute Gasteiger partial charge is 0.468 e. The fourth-order valence-electron chi connectivity index (χ4n) is 2.13. The van der Waals surface area contributed by atoms with Crippen LogP contribution >= 0.6 is 22.6 Å². The summed E-state index contributed by atoms with van der Waals surface area (Å²) in [5, 5.41) is 0. The first-order chi connectivity index (χ1) is 9.60. The number of halogens is 1. The Kier molecular flexibility index (Phi) is 5.36. The molecular weight excluding hydrogens is 371 g/mol. The first-order valence-electron chi connectivity index (χ1n) is 6.44. The minimum absolute atomic E-state index is 0.0547. The summed E-state index contributed by atoms with van der Waals surface area (Å²) in [5.41, 5.74) is 0.715. The summed E-state index contributed by atoms with van der Waals surface area (Å²) in [5.74, 6) is -0.179. The van der Waals surface area contributed by atoms with E-state index in [0.717, 1.165) is 3.57 Å². The van der Waals surface area contributed by atoms with E-state index in [1.807, 2.05) is 34.1 Å². The summed E-state index contributed by atoms with van der Waals surface area (Å²) in [6.45, 7) is 2.97. The molecular formula is C14H17IN2O3. The lowest BCUT2D eigenvalue weighted by molar-refractivity contribution is -0.142. The van der Waals surface area contributed by atoms with E-state index in [0.29, 0.717) is 38.3 Å². The van der Waals surface area contributed by atoms with Crippen LogP contribution in [0, 0.1) is 3.57 Å². The second kappa shape index (κ2) is 7.03. The number of esters is 1. The quantitative estimate of drug-likeness (QED) is 0.578. The average molecular weight is 388 g/mol. The van der Waals surface area contributed by atoms with Crippen molar-refractivity contribution in [3.8, 4) is 0 Å². The van der Waals surface area contributed by atoms with Crippen molar-refractivity contribution in [1.29, 1.82) is 0 Å². The summed E-state index contributed by atoms with van der Waals surface area (Å²) in [7, 11) is 1.39. The molecule has 108 valence electrons. The van der Waals surface area contributed by atoms with E-state index in [9.17, 15) is 9.59 Å². The summed E-state index contributed by atoms with van der Waals surface area (Å²) >= 11 is 2.22. The van der Waals surface area contributed by atoms with Gasteiger partial charge in [-0.3, -0.25) is 14.5 Å². The van der Waals surface area contributed by atoms with E-state index >= 15 is 0 Å². The number of carbonyl (C=O) groups is 2. The molecule has 20 heavy (non-hydrogen) atoms. The van der Waals surface area contributed by atoms with E-state index in [1.54, 1.807) is 0 Å². The number of hydrogen-bond acceptors (Lipinski definition) is 4. The van der Waals surface area contributed by atoms with Gasteiger partial charge in [0.05, 0.1) is 13.7 Å². The van der Waals surface area contributed by atoms with Gasteiger partial charge >= 0.3 is 5.97 Å². The van der Waals surface area contributed by atoms with Crippen LogP contribution < -0.4 is 0 Å². The Hall–Kier alpha value is -1.15. The molecule has 1 aliphatic heterocycles. The average Bonchev–Trinajstić information content (AvgIpc) is 2.48. The van der Waals surface area contributed by atoms with Crippen LogP contribution in [0.25, 0.3) is 0 Å². The van der Waals surface area contributed by atoms with Crippen molar-refractivity contribution in [1.82, 2.24) is 9.80 Å². The molecule has 1 saturated heterocycles. The number of benzene rings is 1. The fourth-order valence-corrected chi connectivity index (χ4v) is 2.49. The second-order valence-corrected chi connectivity index (χ2v) is 5.90. The van der Waals surface area contributed by atoms with Crippen LogP contribution in [0.5, 0.6) is 0 Å². The summed E-state index contributed by atoms with van der Waals surface area (Å²) in [6, 6.07) is 7.57. The van der Waals surface area contributed by atoms with Gasteiger partial charge in [0, 0.05) is 35.3 Å². The minimum Gasteiger partial charge on any atom is -0.468 e. The molecule has 2 rings (SSSR count). The number of rotatable bonds is 3. The Labute approximate surface area is 132 Å². The molecule has 1 aromatic rings. The summed E-state index contributed by atoms with van der Waals surface area (Å²) in [6.07, 6.45) is 0. The smallest absolute Gasteiger partial charge is 0.319 e. The highest BCUT2D eigenvalue weighted by Crippen LogP contribution is 2.11. The van der Waals surface area contributed by atoms with E-state index in [-0.39, 0.29) is 11.9 Å². The lowest BCUT2D eigenvalue weighted by Crippen LogP contribution is -2.50. The van der Waals surface area contributed by atoms with E-state index in [2.05, 4.69) is 27.3 Å². The standard InChI is InChI=1S/C14H17IN2O3/c1-20-13(18)10-16-6-8-17(9-7-16)14(19)11-2-4-12(15)5-3-11/h2-5H,6-10H2,1H3. The highest BCUT2D eigenvalue weighted by Gasteiger charge is 2.23. The first kappa shape index (κ1) is 15.2. The molecule has 0 spiro atoms. The molecule has 0 bridgehead atoms. The van der Waals surface area contributed by atoms with Crippen molar-refractivity contribution in [3.05, 3.63) is 33.4 Å². The maximum atomic E-state index is 12.3. The molecule has 1 amide bonds. The number of ether oxygens (including phenoxy) is 1. The Morgan fingerprint density at radius 2 is 1.75 bits per heavy atom. The van der Waals surface area contributed by atoms with Crippen LogP contribution in [0.2, 0.25) is 0 Å². The summed E-state index contributed by atoms with van der Waals surface area (Å²) in [4.78, 5) is 27.3. The van der Waals surface area contributed by atoms with Gasteiger partial charge in [-0.05, 0) is 46.9 Å². The van der Waals surface area contributed by atoms with Crippen LogP contribution in [-0.4, -0.2) is 61.5 Å². The van der Waals surface area contributed by atoms with Crippen molar-refractivity contribution < 1.29 is 14.3 Å². The van der Waals surface area contributed by atoms with E-state index in [1.165, 1.54) is 7.11 Å². The Bertz CT molecular complexity index is 482. The van der Waals surface area contributed by atoms with Crippen molar-refractivity contribution >= 4 is 34.5 Å². The molecule has 6 heteroatoms. The fraction of sp³-hybridized carbons (Fsp3) is 0.429. The summed E-state index contributed by atoms with van der Waals surface area (Å²) < 4.78 is 5.76. The number of hydrogen-bond donors (Lipinski definition) is 0. The van der Waals surface area contributed by atoms with Crippen molar-refractivity contribution in [2.24, 2.45) is 0 Å². The van der Waals surface area contributed by atoms with Gasteiger partial charge in [-0.1, -0.05) is 0 Å². The molecule has 0 radical (unpaired) electrons. The maximum Gasteiger partial charge on any atom is 0.319 e. The monoisotopic (exact) mass is 388 g/mol. The Morgan fingerprint density at radius 1 is 1.15 bits per heavy atom. The third-order valence-electron chi connectivity index (χ3n) is 3.33. The number of piperazine rings is 1. The zero-order valence-corrected chi connectivity index (χ0v) is 13.5. The lowest BCUT2D eigenvalue weighted by Gasteiger charge is -2.34. The SMILES string of the molecule is COC(=O)CN1CCN(C(=O)c2ccc(I)cc2)CC1. The highest BCUT2D eigenvalue weighted by molar-refractivity contribution is 14.1. The van der Waals surface area contributed by atoms with Crippen molar-refractivity contribution in [3.63, 3.8) is 0 Å². The Balaban J connectivity index is 1.88. The van der Waals surface area contributed by atoms with Crippen LogP contribution in [0.1, 0.15) is 10.4 Å². The predicted molar refractivity (Wildman–Crippen MR) is 83.5 cm³/mol. The zero-order chi connectivity index (χ0) is 14.5. The van der Waals surface area contributed by atoms with Gasteiger partial charge in [-0.2, -0.15) is 0 Å². The molecule has 0 atom stereocenters. The first-order valence-corrected chi connectivity index (χ1v) is 7.52. The second-order valence-electron chi connectivity index (χ2n) is 4.65. The number of methoxy groups -OCH3 is 1. The minimum atomic E-state index is -0.234. The molecule has 0 aliphatic carbocycles. The molecule has 0 aromatic heterocycles. The van der Waals surface area contributed by atoms with E-state index in [4.69, 9.17) is 0 Å². The van der Waals surface area contributed by atoms with E-state index < -0.39 is 0 Å². The molecule has 1 aromatic carbocycles. The molecule has 1 aliphatic rings.